The van der Waals surface area contributed by atoms with Gasteiger partial charge in [0.25, 0.3) is 0 Å². The fourth-order valence-electron chi connectivity index (χ4n) is 3.08. The van der Waals surface area contributed by atoms with E-state index in [1.807, 2.05) is 0 Å². The topological polar surface area (TPSA) is 0 Å². The van der Waals surface area contributed by atoms with Crippen LogP contribution in [0.15, 0.2) is 22.7 Å². The van der Waals surface area contributed by atoms with Crippen molar-refractivity contribution >= 4 is 15.9 Å². The average Bonchev–Trinajstić information content (AvgIpc) is 2.15. The maximum Gasteiger partial charge on any atom is 0.105 e. The lowest BCUT2D eigenvalue weighted by molar-refractivity contribution is -0.927. The highest BCUT2D eigenvalue weighted by molar-refractivity contribution is 9.10. The second-order valence-electron chi connectivity index (χ2n) is 5.94. The lowest BCUT2D eigenvalue weighted by Crippen LogP contribution is -2.54. The van der Waals surface area contributed by atoms with Gasteiger partial charge >= 0.3 is 0 Å². The molecule has 1 aromatic rings. The molecule has 88 valence electrons. The fourth-order valence-corrected chi connectivity index (χ4v) is 3.49. The van der Waals surface area contributed by atoms with Gasteiger partial charge in [-0.3, -0.25) is 0 Å². The summed E-state index contributed by atoms with van der Waals surface area (Å²) in [6, 6.07) is 6.75. The minimum atomic E-state index is 0.291. The van der Waals surface area contributed by atoms with Gasteiger partial charge in [-0.2, -0.15) is 0 Å². The Morgan fingerprint density at radius 2 is 2.06 bits per heavy atom. The third-order valence-corrected chi connectivity index (χ3v) is 4.38. The van der Waals surface area contributed by atoms with Gasteiger partial charge in [0.15, 0.2) is 0 Å². The van der Waals surface area contributed by atoms with Gasteiger partial charge in [0.05, 0.1) is 20.1 Å². The van der Waals surface area contributed by atoms with Crippen molar-refractivity contribution in [3.05, 3.63) is 33.8 Å². The summed E-state index contributed by atoms with van der Waals surface area (Å²) >= 11 is 3.58. The molecule has 0 radical (unpaired) electrons. The van der Waals surface area contributed by atoms with Crippen LogP contribution in [0.2, 0.25) is 0 Å². The quantitative estimate of drug-likeness (QED) is 0.689. The molecular formula is C14H21BrN+. The normalized spacial score (nSPS) is 27.6. The number of likely N-dealkylation sites (N-methyl/N-ethyl adjacent to an activating group) is 1. The fraction of sp³-hybridized carbons (Fsp3) is 0.571. The van der Waals surface area contributed by atoms with Crippen molar-refractivity contribution in [2.75, 3.05) is 20.1 Å². The van der Waals surface area contributed by atoms with Crippen molar-refractivity contribution in [3.8, 4) is 0 Å². The molecule has 1 heterocycles. The van der Waals surface area contributed by atoms with Crippen LogP contribution >= 0.6 is 15.9 Å². The first-order chi connectivity index (χ1) is 7.36. The number of fused-ring (bicyclic) bond motifs is 1. The van der Waals surface area contributed by atoms with Crippen LogP contribution in [0.25, 0.3) is 0 Å². The molecule has 0 N–H and O–H groups in total. The summed E-state index contributed by atoms with van der Waals surface area (Å²) in [4.78, 5) is 0. The molecule has 1 atom stereocenters. The smallest absolute Gasteiger partial charge is 0.105 e. The van der Waals surface area contributed by atoms with Gasteiger partial charge in [-0.05, 0) is 24.6 Å². The predicted octanol–water partition coefficient (Wildman–Crippen LogP) is 3.71. The third kappa shape index (κ3) is 2.05. The Kier molecular flexibility index (Phi) is 2.92. The Balaban J connectivity index is 2.51. The molecule has 0 saturated heterocycles. The average molecular weight is 283 g/mol. The Morgan fingerprint density at radius 1 is 1.38 bits per heavy atom. The summed E-state index contributed by atoms with van der Waals surface area (Å²) in [7, 11) is 2.37. The van der Waals surface area contributed by atoms with Crippen molar-refractivity contribution in [1.82, 2.24) is 0 Å². The highest BCUT2D eigenvalue weighted by Gasteiger charge is 2.39. The summed E-state index contributed by atoms with van der Waals surface area (Å²) in [5, 5.41) is 0. The van der Waals surface area contributed by atoms with Gasteiger partial charge in [0.1, 0.15) is 6.54 Å². The van der Waals surface area contributed by atoms with Crippen molar-refractivity contribution in [1.29, 1.82) is 0 Å². The number of rotatable bonds is 1. The predicted molar refractivity (Wildman–Crippen MR) is 72.5 cm³/mol. The summed E-state index contributed by atoms with van der Waals surface area (Å²) in [6.07, 6.45) is 0. The summed E-state index contributed by atoms with van der Waals surface area (Å²) in [5.41, 5.74) is 3.33. The Bertz CT molecular complexity index is 411. The third-order valence-electron chi connectivity index (χ3n) is 3.89. The van der Waals surface area contributed by atoms with Crippen LogP contribution in [-0.4, -0.2) is 24.6 Å². The monoisotopic (exact) mass is 282 g/mol. The molecule has 16 heavy (non-hydrogen) atoms. The molecule has 1 aromatic carbocycles. The van der Waals surface area contributed by atoms with Crippen LogP contribution in [0.4, 0.5) is 0 Å². The molecule has 1 aliphatic heterocycles. The van der Waals surface area contributed by atoms with Gasteiger partial charge in [0.2, 0.25) is 0 Å². The molecule has 0 aromatic heterocycles. The minimum Gasteiger partial charge on any atom is -0.322 e. The molecule has 0 bridgehead atoms. The first-order valence-corrected chi connectivity index (χ1v) is 6.78. The summed E-state index contributed by atoms with van der Waals surface area (Å²) in [6.45, 7) is 10.6. The molecule has 1 unspecified atom stereocenters. The SMILES string of the molecule is CC[N+]1(C)Cc2cc(Br)ccc2C(C)(C)C1. The molecule has 0 amide bonds. The largest absolute Gasteiger partial charge is 0.322 e. The van der Waals surface area contributed by atoms with Crippen LogP contribution < -0.4 is 0 Å². The van der Waals surface area contributed by atoms with Gasteiger partial charge in [0, 0.05) is 15.5 Å². The number of benzene rings is 1. The zero-order valence-electron chi connectivity index (χ0n) is 10.7. The Morgan fingerprint density at radius 3 is 2.69 bits per heavy atom. The molecular weight excluding hydrogens is 262 g/mol. The lowest BCUT2D eigenvalue weighted by Gasteiger charge is -2.45. The number of nitrogens with zero attached hydrogens (tertiary/aromatic N) is 1. The molecule has 1 nitrogen and oxygen atoms in total. The lowest BCUT2D eigenvalue weighted by atomic mass is 9.77. The zero-order valence-corrected chi connectivity index (χ0v) is 12.3. The van der Waals surface area contributed by atoms with Crippen molar-refractivity contribution < 1.29 is 4.48 Å². The first kappa shape index (κ1) is 12.1. The summed E-state index contributed by atoms with van der Waals surface area (Å²) < 4.78 is 2.35. The molecule has 0 saturated carbocycles. The molecule has 0 aliphatic carbocycles. The number of hydrogen-bond donors (Lipinski definition) is 0. The van der Waals surface area contributed by atoms with Gasteiger partial charge in [-0.25, -0.2) is 0 Å². The first-order valence-electron chi connectivity index (χ1n) is 5.99. The van der Waals surface area contributed by atoms with Crippen molar-refractivity contribution in [2.45, 2.75) is 32.7 Å². The molecule has 1 aliphatic rings. The minimum absolute atomic E-state index is 0.291. The maximum absolute atomic E-state index is 3.58. The van der Waals surface area contributed by atoms with E-state index in [2.05, 4.69) is 61.9 Å². The number of quaternary nitrogens is 1. The van der Waals surface area contributed by atoms with Gasteiger partial charge < -0.3 is 4.48 Å². The van der Waals surface area contributed by atoms with E-state index in [1.54, 1.807) is 0 Å². The van der Waals surface area contributed by atoms with Crippen LogP contribution in [0.5, 0.6) is 0 Å². The van der Waals surface area contributed by atoms with Crippen molar-refractivity contribution in [3.63, 3.8) is 0 Å². The van der Waals surface area contributed by atoms with Crippen molar-refractivity contribution in [2.24, 2.45) is 0 Å². The Hall–Kier alpha value is -0.340. The molecule has 0 fully saturated rings. The van der Waals surface area contributed by atoms with E-state index in [1.165, 1.54) is 28.7 Å². The molecule has 2 heteroatoms. The molecule has 0 spiro atoms. The Labute approximate surface area is 107 Å². The van der Waals surface area contributed by atoms with E-state index in [-0.39, 0.29) is 0 Å². The maximum atomic E-state index is 3.58. The highest BCUT2D eigenvalue weighted by Crippen LogP contribution is 2.37. The number of halogens is 1. The van der Waals surface area contributed by atoms with E-state index in [4.69, 9.17) is 0 Å². The van der Waals surface area contributed by atoms with E-state index in [0.717, 1.165) is 11.0 Å². The van der Waals surface area contributed by atoms with Crippen LogP contribution in [0, 0.1) is 0 Å². The molecule has 2 rings (SSSR count). The second-order valence-corrected chi connectivity index (χ2v) is 6.85. The van der Waals surface area contributed by atoms with E-state index < -0.39 is 0 Å². The zero-order chi connectivity index (χ0) is 12.0. The van der Waals surface area contributed by atoms with Crippen LogP contribution in [-0.2, 0) is 12.0 Å². The van der Waals surface area contributed by atoms with Gasteiger partial charge in [-0.15, -0.1) is 0 Å². The van der Waals surface area contributed by atoms with Gasteiger partial charge in [-0.1, -0.05) is 35.8 Å². The van der Waals surface area contributed by atoms with E-state index in [9.17, 15) is 0 Å². The highest BCUT2D eigenvalue weighted by atomic mass is 79.9. The van der Waals surface area contributed by atoms with Crippen LogP contribution in [0.3, 0.4) is 0 Å². The second kappa shape index (κ2) is 3.85. The number of hydrogen-bond acceptors (Lipinski definition) is 0. The van der Waals surface area contributed by atoms with E-state index in [0.29, 0.717) is 5.41 Å². The standard InChI is InChI=1S/C14H21BrN/c1-5-16(4)9-11-8-12(15)6-7-13(11)14(2,3)10-16/h6-8H,5,9-10H2,1-4H3/q+1. The van der Waals surface area contributed by atoms with Crippen LogP contribution in [0.1, 0.15) is 31.9 Å². The van der Waals surface area contributed by atoms with E-state index >= 15 is 0 Å². The summed E-state index contributed by atoms with van der Waals surface area (Å²) in [5.74, 6) is 0.